The van der Waals surface area contributed by atoms with Crippen molar-refractivity contribution in [1.82, 2.24) is 5.32 Å². The van der Waals surface area contributed by atoms with E-state index < -0.39 is 0 Å². The van der Waals surface area contributed by atoms with Crippen LogP contribution >= 0.6 is 12.4 Å². The van der Waals surface area contributed by atoms with Gasteiger partial charge in [-0.15, -0.1) is 12.4 Å². The van der Waals surface area contributed by atoms with Crippen molar-refractivity contribution in [3.8, 4) is 0 Å². The summed E-state index contributed by atoms with van der Waals surface area (Å²) in [5.74, 6) is 0.724. The molecule has 3 N–H and O–H groups in total. The molecule has 1 aliphatic carbocycles. The SMILES string of the molecule is CC(C)(C)C(=O)NCC1CCCC(N)C1.Cl. The minimum Gasteiger partial charge on any atom is -0.355 e. The van der Waals surface area contributed by atoms with Gasteiger partial charge >= 0.3 is 0 Å². The monoisotopic (exact) mass is 248 g/mol. The van der Waals surface area contributed by atoms with E-state index >= 15 is 0 Å². The first-order chi connectivity index (χ1) is 6.89. The first-order valence-electron chi connectivity index (χ1n) is 5.93. The number of halogens is 1. The lowest BCUT2D eigenvalue weighted by atomic mass is 9.86. The van der Waals surface area contributed by atoms with Gasteiger partial charge in [-0.2, -0.15) is 0 Å². The lowest BCUT2D eigenvalue weighted by Gasteiger charge is -2.28. The van der Waals surface area contributed by atoms with Crippen LogP contribution < -0.4 is 11.1 Å². The normalized spacial score (nSPS) is 25.8. The minimum absolute atomic E-state index is 0. The average molecular weight is 249 g/mol. The Bertz CT molecular complexity index is 226. The Morgan fingerprint density at radius 1 is 1.38 bits per heavy atom. The summed E-state index contributed by atoms with van der Waals surface area (Å²) in [5.41, 5.74) is 5.62. The molecule has 1 rings (SSSR count). The van der Waals surface area contributed by atoms with Gasteiger partial charge in [0.15, 0.2) is 0 Å². The third-order valence-corrected chi connectivity index (χ3v) is 3.06. The molecule has 4 heteroatoms. The van der Waals surface area contributed by atoms with Crippen molar-refractivity contribution < 1.29 is 4.79 Å². The Labute approximate surface area is 105 Å². The maximum Gasteiger partial charge on any atom is 0.225 e. The molecule has 96 valence electrons. The van der Waals surface area contributed by atoms with Crippen LogP contribution in [0, 0.1) is 11.3 Å². The molecule has 2 unspecified atom stereocenters. The number of amides is 1. The van der Waals surface area contributed by atoms with Gasteiger partial charge in [-0.05, 0) is 25.2 Å². The van der Waals surface area contributed by atoms with Crippen molar-refractivity contribution in [3.05, 3.63) is 0 Å². The molecule has 0 aliphatic heterocycles. The predicted molar refractivity (Wildman–Crippen MR) is 69.6 cm³/mol. The molecule has 0 radical (unpaired) electrons. The molecular weight excluding hydrogens is 224 g/mol. The van der Waals surface area contributed by atoms with E-state index in [4.69, 9.17) is 5.73 Å². The third-order valence-electron chi connectivity index (χ3n) is 3.06. The van der Waals surface area contributed by atoms with E-state index in [0.717, 1.165) is 19.4 Å². The molecule has 2 atom stereocenters. The van der Waals surface area contributed by atoms with Crippen molar-refractivity contribution >= 4 is 18.3 Å². The van der Waals surface area contributed by atoms with Crippen molar-refractivity contribution in [3.63, 3.8) is 0 Å². The molecule has 1 saturated carbocycles. The fourth-order valence-electron chi connectivity index (χ4n) is 2.02. The summed E-state index contributed by atoms with van der Waals surface area (Å²) in [6.45, 7) is 6.61. The molecule has 3 nitrogen and oxygen atoms in total. The average Bonchev–Trinajstić information content (AvgIpc) is 2.12. The Balaban J connectivity index is 0.00000225. The quantitative estimate of drug-likeness (QED) is 0.786. The number of hydrogen-bond acceptors (Lipinski definition) is 2. The zero-order chi connectivity index (χ0) is 11.5. The van der Waals surface area contributed by atoms with E-state index in [1.807, 2.05) is 20.8 Å². The molecule has 0 spiro atoms. The van der Waals surface area contributed by atoms with Gasteiger partial charge in [0.2, 0.25) is 5.91 Å². The number of nitrogens with two attached hydrogens (primary N) is 1. The Kier molecular flexibility index (Phi) is 6.34. The van der Waals surface area contributed by atoms with E-state index in [0.29, 0.717) is 12.0 Å². The van der Waals surface area contributed by atoms with Gasteiger partial charge in [0.05, 0.1) is 0 Å². The lowest BCUT2D eigenvalue weighted by molar-refractivity contribution is -0.128. The molecule has 0 aromatic rings. The first-order valence-corrected chi connectivity index (χ1v) is 5.93. The Morgan fingerprint density at radius 2 is 2.00 bits per heavy atom. The second-order valence-corrected chi connectivity index (χ2v) is 5.75. The summed E-state index contributed by atoms with van der Waals surface area (Å²) in [4.78, 5) is 11.6. The molecule has 1 aliphatic rings. The second kappa shape index (κ2) is 6.45. The molecule has 0 aromatic carbocycles. The van der Waals surface area contributed by atoms with Crippen LogP contribution in [-0.4, -0.2) is 18.5 Å². The molecule has 1 amide bonds. The fraction of sp³-hybridized carbons (Fsp3) is 0.917. The maximum atomic E-state index is 11.6. The van der Waals surface area contributed by atoms with Crippen LogP contribution in [0.5, 0.6) is 0 Å². The van der Waals surface area contributed by atoms with Crippen LogP contribution in [0.4, 0.5) is 0 Å². The number of rotatable bonds is 2. The van der Waals surface area contributed by atoms with Crippen LogP contribution in [0.2, 0.25) is 0 Å². The molecule has 0 bridgehead atoms. The second-order valence-electron chi connectivity index (χ2n) is 5.75. The topological polar surface area (TPSA) is 55.1 Å². The largest absolute Gasteiger partial charge is 0.355 e. The molecule has 0 aromatic heterocycles. The number of hydrogen-bond donors (Lipinski definition) is 2. The standard InChI is InChI=1S/C12H24N2O.ClH/c1-12(2,3)11(15)14-8-9-5-4-6-10(13)7-9;/h9-10H,4-8,13H2,1-3H3,(H,14,15);1H. The van der Waals surface area contributed by atoms with Crippen LogP contribution in [-0.2, 0) is 4.79 Å². The minimum atomic E-state index is -0.281. The maximum absolute atomic E-state index is 11.6. The van der Waals surface area contributed by atoms with Crippen molar-refractivity contribution in [2.75, 3.05) is 6.54 Å². The molecule has 0 saturated heterocycles. The summed E-state index contributed by atoms with van der Waals surface area (Å²) in [6, 6.07) is 0.343. The Hall–Kier alpha value is -0.280. The summed E-state index contributed by atoms with van der Waals surface area (Å²) in [5, 5.41) is 3.02. The highest BCUT2D eigenvalue weighted by molar-refractivity contribution is 5.85. The Morgan fingerprint density at radius 3 is 2.50 bits per heavy atom. The summed E-state index contributed by atoms with van der Waals surface area (Å²) < 4.78 is 0. The summed E-state index contributed by atoms with van der Waals surface area (Å²) in [7, 11) is 0. The molecule has 16 heavy (non-hydrogen) atoms. The van der Waals surface area contributed by atoms with Crippen LogP contribution in [0.1, 0.15) is 46.5 Å². The molecule has 0 heterocycles. The highest BCUT2D eigenvalue weighted by atomic mass is 35.5. The van der Waals surface area contributed by atoms with Gasteiger partial charge < -0.3 is 11.1 Å². The first kappa shape index (κ1) is 15.7. The van der Waals surface area contributed by atoms with Gasteiger partial charge in [-0.1, -0.05) is 27.2 Å². The fourth-order valence-corrected chi connectivity index (χ4v) is 2.02. The third kappa shape index (κ3) is 5.17. The van der Waals surface area contributed by atoms with Gasteiger partial charge in [0, 0.05) is 18.0 Å². The lowest BCUT2D eigenvalue weighted by Crippen LogP contribution is -2.40. The molecule has 1 fully saturated rings. The van der Waals surface area contributed by atoms with Crippen molar-refractivity contribution in [2.24, 2.45) is 17.1 Å². The number of nitrogens with one attached hydrogen (secondary N) is 1. The van der Waals surface area contributed by atoms with Gasteiger partial charge in [0.1, 0.15) is 0 Å². The number of carbonyl (C=O) groups is 1. The summed E-state index contributed by atoms with van der Waals surface area (Å²) in [6.07, 6.45) is 4.61. The van der Waals surface area contributed by atoms with Crippen molar-refractivity contribution in [2.45, 2.75) is 52.5 Å². The van der Waals surface area contributed by atoms with E-state index in [1.165, 1.54) is 12.8 Å². The van der Waals surface area contributed by atoms with Crippen LogP contribution in [0.3, 0.4) is 0 Å². The van der Waals surface area contributed by atoms with E-state index in [-0.39, 0.29) is 23.7 Å². The van der Waals surface area contributed by atoms with Gasteiger partial charge in [-0.3, -0.25) is 4.79 Å². The zero-order valence-corrected chi connectivity index (χ0v) is 11.4. The van der Waals surface area contributed by atoms with Crippen LogP contribution in [0.15, 0.2) is 0 Å². The smallest absolute Gasteiger partial charge is 0.225 e. The van der Waals surface area contributed by atoms with E-state index in [9.17, 15) is 4.79 Å². The number of carbonyl (C=O) groups excluding carboxylic acids is 1. The summed E-state index contributed by atoms with van der Waals surface area (Å²) >= 11 is 0. The highest BCUT2D eigenvalue weighted by Crippen LogP contribution is 2.22. The van der Waals surface area contributed by atoms with E-state index in [1.54, 1.807) is 0 Å². The highest BCUT2D eigenvalue weighted by Gasteiger charge is 2.24. The van der Waals surface area contributed by atoms with E-state index in [2.05, 4.69) is 5.32 Å². The van der Waals surface area contributed by atoms with Gasteiger partial charge in [0.25, 0.3) is 0 Å². The zero-order valence-electron chi connectivity index (χ0n) is 10.6. The molecular formula is C12H25ClN2O. The van der Waals surface area contributed by atoms with Crippen LogP contribution in [0.25, 0.3) is 0 Å². The van der Waals surface area contributed by atoms with Crippen molar-refractivity contribution in [1.29, 1.82) is 0 Å². The van der Waals surface area contributed by atoms with Gasteiger partial charge in [-0.25, -0.2) is 0 Å². The predicted octanol–water partition coefficient (Wildman–Crippen LogP) is 2.09.